The Labute approximate surface area is 163 Å². The van der Waals surface area contributed by atoms with Gasteiger partial charge in [0.05, 0.1) is 26.7 Å². The molecule has 146 valence electrons. The summed E-state index contributed by atoms with van der Waals surface area (Å²) in [5.41, 5.74) is 3.39. The van der Waals surface area contributed by atoms with E-state index < -0.39 is 12.0 Å². The molecule has 0 saturated heterocycles. The zero-order valence-corrected chi connectivity index (χ0v) is 15.9. The van der Waals surface area contributed by atoms with Crippen LogP contribution in [0, 0.1) is 0 Å². The molecule has 28 heavy (non-hydrogen) atoms. The maximum absolute atomic E-state index is 12.8. The van der Waals surface area contributed by atoms with Gasteiger partial charge >= 0.3 is 5.97 Å². The lowest BCUT2D eigenvalue weighted by atomic mass is 9.95. The van der Waals surface area contributed by atoms with Crippen LogP contribution in [0.4, 0.5) is 0 Å². The number of allylic oxidation sites excluding steroid dienone is 1. The third-order valence-electron chi connectivity index (χ3n) is 4.78. The Morgan fingerprint density at radius 1 is 1.11 bits per heavy atom. The molecule has 1 unspecified atom stereocenters. The first-order valence-electron chi connectivity index (χ1n) is 9.06. The van der Waals surface area contributed by atoms with E-state index in [1.807, 2.05) is 12.1 Å². The number of aryl methyl sites for hydroxylation is 1. The molecule has 0 saturated carbocycles. The standard InChI is InChI=1S/C22H23NO5/c1-27-19-10-9-16(12-20(19)28-2)18(13-21(24)25)23-22(26)17-8-7-14-5-3-4-6-15(14)11-17/h3,5,7-12,18H,4,6,13H2,1-2H3,(H,23,26)(H,24,25). The van der Waals surface area contributed by atoms with E-state index in [2.05, 4.69) is 17.5 Å². The Kier molecular flexibility index (Phi) is 5.99. The topological polar surface area (TPSA) is 84.9 Å². The van der Waals surface area contributed by atoms with Crippen molar-refractivity contribution in [3.05, 3.63) is 64.7 Å². The Morgan fingerprint density at radius 2 is 1.89 bits per heavy atom. The van der Waals surface area contributed by atoms with E-state index in [0.717, 1.165) is 24.0 Å². The van der Waals surface area contributed by atoms with Crippen molar-refractivity contribution in [1.82, 2.24) is 5.32 Å². The molecule has 3 rings (SSSR count). The molecular weight excluding hydrogens is 358 g/mol. The van der Waals surface area contributed by atoms with Gasteiger partial charge in [-0.3, -0.25) is 9.59 Å². The van der Waals surface area contributed by atoms with Gasteiger partial charge in [-0.15, -0.1) is 0 Å². The fourth-order valence-corrected chi connectivity index (χ4v) is 3.31. The number of hydrogen-bond acceptors (Lipinski definition) is 4. The SMILES string of the molecule is COc1ccc(C(CC(=O)O)NC(=O)c2ccc3c(c2)CCC=C3)cc1OC. The van der Waals surface area contributed by atoms with Crippen LogP contribution >= 0.6 is 0 Å². The lowest BCUT2D eigenvalue weighted by Crippen LogP contribution is -2.30. The fraction of sp³-hybridized carbons (Fsp3) is 0.273. The minimum atomic E-state index is -1.00. The second-order valence-electron chi connectivity index (χ2n) is 6.59. The third kappa shape index (κ3) is 4.34. The van der Waals surface area contributed by atoms with Crippen LogP contribution in [-0.2, 0) is 11.2 Å². The number of carbonyl (C=O) groups excluding carboxylic acids is 1. The zero-order chi connectivity index (χ0) is 20.1. The van der Waals surface area contributed by atoms with E-state index in [0.29, 0.717) is 22.6 Å². The van der Waals surface area contributed by atoms with Crippen LogP contribution in [0.15, 0.2) is 42.5 Å². The summed E-state index contributed by atoms with van der Waals surface area (Å²) in [6.45, 7) is 0. The number of carboxylic acids is 1. The Morgan fingerprint density at radius 3 is 2.61 bits per heavy atom. The molecule has 0 heterocycles. The summed E-state index contributed by atoms with van der Waals surface area (Å²) in [6.07, 6.45) is 5.76. The number of hydrogen-bond donors (Lipinski definition) is 2. The van der Waals surface area contributed by atoms with Crippen LogP contribution in [0.1, 0.15) is 45.9 Å². The largest absolute Gasteiger partial charge is 0.493 e. The van der Waals surface area contributed by atoms with Crippen molar-refractivity contribution in [2.75, 3.05) is 14.2 Å². The van der Waals surface area contributed by atoms with Gasteiger partial charge in [0, 0.05) is 5.56 Å². The van der Waals surface area contributed by atoms with Crippen molar-refractivity contribution < 1.29 is 24.2 Å². The number of benzene rings is 2. The molecule has 0 spiro atoms. The van der Waals surface area contributed by atoms with Crippen LogP contribution in [0.3, 0.4) is 0 Å². The maximum atomic E-state index is 12.8. The van der Waals surface area contributed by atoms with Gasteiger partial charge in [0.1, 0.15) is 0 Å². The number of aliphatic carboxylic acids is 1. The summed E-state index contributed by atoms with van der Waals surface area (Å²) in [5, 5.41) is 12.1. The Bertz CT molecular complexity index is 919. The molecule has 0 aromatic heterocycles. The summed E-state index contributed by atoms with van der Waals surface area (Å²) >= 11 is 0. The van der Waals surface area contributed by atoms with E-state index in [4.69, 9.17) is 9.47 Å². The van der Waals surface area contributed by atoms with Crippen LogP contribution in [0.2, 0.25) is 0 Å². The molecule has 1 aliphatic carbocycles. The molecule has 6 nitrogen and oxygen atoms in total. The quantitative estimate of drug-likeness (QED) is 0.765. The van der Waals surface area contributed by atoms with Gasteiger partial charge in [-0.25, -0.2) is 0 Å². The normalized spacial score (nSPS) is 13.4. The van der Waals surface area contributed by atoms with E-state index in [-0.39, 0.29) is 12.3 Å². The minimum absolute atomic E-state index is 0.241. The highest BCUT2D eigenvalue weighted by Gasteiger charge is 2.21. The number of carbonyl (C=O) groups is 2. The van der Waals surface area contributed by atoms with E-state index in [1.54, 1.807) is 24.3 Å². The number of methoxy groups -OCH3 is 2. The molecule has 0 bridgehead atoms. The summed E-state index contributed by atoms with van der Waals surface area (Å²) in [5.74, 6) is -0.298. The highest BCUT2D eigenvalue weighted by atomic mass is 16.5. The Hall–Kier alpha value is -3.28. The average Bonchev–Trinajstić information content (AvgIpc) is 2.71. The molecule has 6 heteroatoms. The van der Waals surface area contributed by atoms with Crippen molar-refractivity contribution >= 4 is 18.0 Å². The molecule has 2 aromatic rings. The molecule has 1 amide bonds. The number of carboxylic acid groups (broad SMARTS) is 1. The minimum Gasteiger partial charge on any atom is -0.493 e. The van der Waals surface area contributed by atoms with Crippen molar-refractivity contribution in [3.63, 3.8) is 0 Å². The van der Waals surface area contributed by atoms with Crippen LogP contribution in [0.25, 0.3) is 6.08 Å². The van der Waals surface area contributed by atoms with Gasteiger partial charge in [-0.1, -0.05) is 24.3 Å². The first-order valence-corrected chi connectivity index (χ1v) is 9.06. The van der Waals surface area contributed by atoms with Crippen molar-refractivity contribution in [1.29, 1.82) is 0 Å². The smallest absolute Gasteiger partial charge is 0.305 e. The Balaban J connectivity index is 1.85. The van der Waals surface area contributed by atoms with Crippen LogP contribution in [-0.4, -0.2) is 31.2 Å². The van der Waals surface area contributed by atoms with E-state index in [1.165, 1.54) is 14.2 Å². The number of rotatable bonds is 7. The van der Waals surface area contributed by atoms with Gasteiger partial charge < -0.3 is 19.9 Å². The molecule has 1 aliphatic rings. The molecular formula is C22H23NO5. The summed E-state index contributed by atoms with van der Waals surface area (Å²) in [7, 11) is 3.04. The number of fused-ring (bicyclic) bond motifs is 1. The van der Waals surface area contributed by atoms with Gasteiger partial charge in [-0.05, 0) is 53.8 Å². The van der Waals surface area contributed by atoms with Crippen molar-refractivity contribution in [2.45, 2.75) is 25.3 Å². The monoisotopic (exact) mass is 381 g/mol. The van der Waals surface area contributed by atoms with E-state index >= 15 is 0 Å². The first-order chi connectivity index (χ1) is 13.5. The second kappa shape index (κ2) is 8.61. The first kappa shape index (κ1) is 19.5. The highest BCUT2D eigenvalue weighted by molar-refractivity contribution is 5.95. The second-order valence-corrected chi connectivity index (χ2v) is 6.59. The van der Waals surface area contributed by atoms with Gasteiger partial charge in [0.15, 0.2) is 11.5 Å². The molecule has 2 aromatic carbocycles. The number of nitrogens with one attached hydrogen (secondary N) is 1. The average molecular weight is 381 g/mol. The van der Waals surface area contributed by atoms with E-state index in [9.17, 15) is 14.7 Å². The highest BCUT2D eigenvalue weighted by Crippen LogP contribution is 2.31. The van der Waals surface area contributed by atoms with Gasteiger partial charge in [-0.2, -0.15) is 0 Å². The lowest BCUT2D eigenvalue weighted by molar-refractivity contribution is -0.137. The summed E-state index contributed by atoms with van der Waals surface area (Å²) in [4.78, 5) is 24.2. The third-order valence-corrected chi connectivity index (χ3v) is 4.78. The molecule has 0 fully saturated rings. The fourth-order valence-electron chi connectivity index (χ4n) is 3.31. The summed E-state index contributed by atoms with van der Waals surface area (Å²) < 4.78 is 10.5. The number of ether oxygens (including phenoxy) is 2. The maximum Gasteiger partial charge on any atom is 0.305 e. The molecule has 0 radical (unpaired) electrons. The van der Waals surface area contributed by atoms with Gasteiger partial charge in [0.25, 0.3) is 5.91 Å². The van der Waals surface area contributed by atoms with Crippen LogP contribution < -0.4 is 14.8 Å². The molecule has 1 atom stereocenters. The van der Waals surface area contributed by atoms with Crippen molar-refractivity contribution in [2.24, 2.45) is 0 Å². The zero-order valence-electron chi connectivity index (χ0n) is 15.9. The van der Waals surface area contributed by atoms with Crippen molar-refractivity contribution in [3.8, 4) is 11.5 Å². The molecule has 2 N–H and O–H groups in total. The number of amides is 1. The predicted molar refractivity (Wildman–Crippen MR) is 106 cm³/mol. The predicted octanol–water partition coefficient (Wildman–Crippen LogP) is 3.61. The summed E-state index contributed by atoms with van der Waals surface area (Å²) in [6, 6.07) is 9.97. The van der Waals surface area contributed by atoms with Crippen LogP contribution in [0.5, 0.6) is 11.5 Å². The molecule has 0 aliphatic heterocycles. The van der Waals surface area contributed by atoms with Gasteiger partial charge in [0.2, 0.25) is 0 Å². The lowest BCUT2D eigenvalue weighted by Gasteiger charge is -2.20.